The molecule has 0 radical (unpaired) electrons. The fraction of sp³-hybridized carbons (Fsp3) is 0.417. The molecule has 1 amide bonds. The molecule has 0 saturated carbocycles. The van der Waals surface area contributed by atoms with E-state index in [1.807, 2.05) is 11.0 Å². The highest BCUT2D eigenvalue weighted by Gasteiger charge is 2.17. The maximum Gasteiger partial charge on any atom is 0.227 e. The van der Waals surface area contributed by atoms with Crippen LogP contribution in [0.5, 0.6) is 0 Å². The lowest BCUT2D eigenvalue weighted by Gasteiger charge is -2.27. The summed E-state index contributed by atoms with van der Waals surface area (Å²) in [5, 5.41) is 4.36. The van der Waals surface area contributed by atoms with E-state index in [2.05, 4.69) is 5.32 Å². The van der Waals surface area contributed by atoms with Crippen molar-refractivity contribution in [2.45, 2.75) is 6.42 Å². The molecule has 0 spiro atoms. The van der Waals surface area contributed by atoms with E-state index in [1.165, 1.54) is 0 Å². The van der Waals surface area contributed by atoms with Gasteiger partial charge in [-0.15, -0.1) is 0 Å². The van der Waals surface area contributed by atoms with Crippen molar-refractivity contribution < 1.29 is 4.79 Å². The molecule has 1 aromatic rings. The van der Waals surface area contributed by atoms with E-state index >= 15 is 0 Å². The van der Waals surface area contributed by atoms with Gasteiger partial charge in [0.25, 0.3) is 0 Å². The van der Waals surface area contributed by atoms with Gasteiger partial charge in [-0.2, -0.15) is 0 Å². The monoisotopic (exact) mass is 272 g/mol. The number of nitrogens with one attached hydrogen (secondary N) is 1. The minimum atomic E-state index is 0.121. The van der Waals surface area contributed by atoms with Gasteiger partial charge in [0.2, 0.25) is 5.91 Å². The van der Waals surface area contributed by atoms with Crippen LogP contribution in [0.1, 0.15) is 5.56 Å². The summed E-state index contributed by atoms with van der Waals surface area (Å²) >= 11 is 11.9. The third-order valence-electron chi connectivity index (χ3n) is 2.83. The molecule has 0 unspecified atom stereocenters. The van der Waals surface area contributed by atoms with Crippen LogP contribution in [-0.4, -0.2) is 37.0 Å². The molecule has 1 aliphatic heterocycles. The Labute approximate surface area is 111 Å². The molecule has 0 aromatic heterocycles. The van der Waals surface area contributed by atoms with E-state index in [1.54, 1.807) is 12.1 Å². The average molecular weight is 273 g/mol. The Morgan fingerprint density at radius 3 is 2.65 bits per heavy atom. The number of amides is 1. The van der Waals surface area contributed by atoms with Crippen molar-refractivity contribution in [3.8, 4) is 0 Å². The highest BCUT2D eigenvalue weighted by atomic mass is 35.5. The van der Waals surface area contributed by atoms with Crippen LogP contribution in [0.25, 0.3) is 0 Å². The number of benzene rings is 1. The molecule has 0 bridgehead atoms. The zero-order valence-electron chi connectivity index (χ0n) is 9.38. The zero-order chi connectivity index (χ0) is 12.3. The molecule has 92 valence electrons. The molecule has 1 saturated heterocycles. The van der Waals surface area contributed by atoms with Crippen molar-refractivity contribution in [2.24, 2.45) is 0 Å². The first kappa shape index (κ1) is 12.7. The van der Waals surface area contributed by atoms with Crippen molar-refractivity contribution in [3.05, 3.63) is 33.8 Å². The van der Waals surface area contributed by atoms with Crippen molar-refractivity contribution in [1.29, 1.82) is 0 Å². The molecule has 0 atom stereocenters. The zero-order valence-corrected chi connectivity index (χ0v) is 10.9. The maximum atomic E-state index is 12.0. The number of rotatable bonds is 2. The summed E-state index contributed by atoms with van der Waals surface area (Å²) in [6, 6.07) is 5.24. The Kier molecular flexibility index (Phi) is 4.26. The van der Waals surface area contributed by atoms with Gasteiger partial charge in [0.15, 0.2) is 0 Å². The topological polar surface area (TPSA) is 32.3 Å². The molecule has 1 heterocycles. The molecule has 1 fully saturated rings. The van der Waals surface area contributed by atoms with Crippen molar-refractivity contribution >= 4 is 29.1 Å². The van der Waals surface area contributed by atoms with Crippen molar-refractivity contribution in [1.82, 2.24) is 10.2 Å². The smallest absolute Gasteiger partial charge is 0.227 e. The molecular formula is C12H14Cl2N2O. The van der Waals surface area contributed by atoms with Crippen LogP contribution < -0.4 is 5.32 Å². The van der Waals surface area contributed by atoms with Gasteiger partial charge < -0.3 is 10.2 Å². The third-order valence-corrected chi connectivity index (χ3v) is 3.41. The number of hydrogen-bond donors (Lipinski definition) is 1. The second-order valence-corrected chi connectivity index (χ2v) is 4.89. The Hall–Kier alpha value is -0.770. The molecule has 3 nitrogen and oxygen atoms in total. The van der Waals surface area contributed by atoms with Gasteiger partial charge in [-0.1, -0.05) is 29.3 Å². The first-order chi connectivity index (χ1) is 8.16. The van der Waals surface area contributed by atoms with Gasteiger partial charge in [0, 0.05) is 36.2 Å². The number of carbonyl (C=O) groups excluding carboxylic acids is 1. The second kappa shape index (κ2) is 5.71. The van der Waals surface area contributed by atoms with E-state index < -0.39 is 0 Å². The molecular weight excluding hydrogens is 259 g/mol. The van der Waals surface area contributed by atoms with E-state index in [4.69, 9.17) is 23.2 Å². The summed E-state index contributed by atoms with van der Waals surface area (Å²) in [5.41, 5.74) is 0.833. The maximum absolute atomic E-state index is 12.0. The van der Waals surface area contributed by atoms with Crippen LogP contribution in [0.3, 0.4) is 0 Å². The lowest BCUT2D eigenvalue weighted by atomic mass is 10.1. The molecule has 1 aliphatic rings. The summed E-state index contributed by atoms with van der Waals surface area (Å²) in [4.78, 5) is 13.9. The fourth-order valence-electron chi connectivity index (χ4n) is 1.85. The highest BCUT2D eigenvalue weighted by Crippen LogP contribution is 2.21. The van der Waals surface area contributed by atoms with Gasteiger partial charge in [-0.25, -0.2) is 0 Å². The summed E-state index contributed by atoms with van der Waals surface area (Å²) < 4.78 is 0. The van der Waals surface area contributed by atoms with E-state index in [0.717, 1.165) is 31.7 Å². The summed E-state index contributed by atoms with van der Waals surface area (Å²) in [6.07, 6.45) is 0.343. The number of hydrogen-bond acceptors (Lipinski definition) is 2. The molecule has 0 aliphatic carbocycles. The predicted molar refractivity (Wildman–Crippen MR) is 69.6 cm³/mol. The highest BCUT2D eigenvalue weighted by molar-refractivity contribution is 6.35. The molecule has 17 heavy (non-hydrogen) atoms. The standard InChI is InChI=1S/C12H14Cl2N2O/c13-10-2-1-9(11(14)8-10)7-12(17)16-5-3-15-4-6-16/h1-2,8,15H,3-7H2. The van der Waals surface area contributed by atoms with Crippen LogP contribution >= 0.6 is 23.2 Å². The lowest BCUT2D eigenvalue weighted by Crippen LogP contribution is -2.46. The largest absolute Gasteiger partial charge is 0.340 e. The molecule has 5 heteroatoms. The molecule has 1 N–H and O–H groups in total. The van der Waals surface area contributed by atoms with Crippen LogP contribution in [-0.2, 0) is 11.2 Å². The molecule has 2 rings (SSSR count). The Bertz CT molecular complexity index is 417. The first-order valence-corrected chi connectivity index (χ1v) is 6.35. The van der Waals surface area contributed by atoms with Crippen molar-refractivity contribution in [2.75, 3.05) is 26.2 Å². The Morgan fingerprint density at radius 1 is 1.29 bits per heavy atom. The van der Waals surface area contributed by atoms with Crippen LogP contribution in [0.15, 0.2) is 18.2 Å². The summed E-state index contributed by atoms with van der Waals surface area (Å²) in [5.74, 6) is 0.121. The number of halogens is 2. The minimum Gasteiger partial charge on any atom is -0.340 e. The minimum absolute atomic E-state index is 0.121. The summed E-state index contributed by atoms with van der Waals surface area (Å²) in [6.45, 7) is 3.26. The van der Waals surface area contributed by atoms with Crippen molar-refractivity contribution in [3.63, 3.8) is 0 Å². The van der Waals surface area contributed by atoms with Gasteiger partial charge in [-0.05, 0) is 17.7 Å². The second-order valence-electron chi connectivity index (χ2n) is 4.04. The number of carbonyl (C=O) groups is 1. The number of nitrogens with zero attached hydrogens (tertiary/aromatic N) is 1. The normalized spacial score (nSPS) is 16.0. The fourth-order valence-corrected chi connectivity index (χ4v) is 2.33. The van der Waals surface area contributed by atoms with Gasteiger partial charge in [0.1, 0.15) is 0 Å². The van der Waals surface area contributed by atoms with Crippen LogP contribution in [0.2, 0.25) is 10.0 Å². The Balaban J connectivity index is 2.02. The number of piperazine rings is 1. The first-order valence-electron chi connectivity index (χ1n) is 5.59. The summed E-state index contributed by atoms with van der Waals surface area (Å²) in [7, 11) is 0. The van der Waals surface area contributed by atoms with Gasteiger partial charge >= 0.3 is 0 Å². The van der Waals surface area contributed by atoms with E-state index in [0.29, 0.717) is 16.5 Å². The third kappa shape index (κ3) is 3.35. The predicted octanol–water partition coefficient (Wildman–Crippen LogP) is 1.97. The molecule has 1 aromatic carbocycles. The lowest BCUT2D eigenvalue weighted by molar-refractivity contribution is -0.131. The van der Waals surface area contributed by atoms with Crippen LogP contribution in [0, 0.1) is 0 Å². The van der Waals surface area contributed by atoms with Gasteiger partial charge in [0.05, 0.1) is 6.42 Å². The van der Waals surface area contributed by atoms with E-state index in [9.17, 15) is 4.79 Å². The van der Waals surface area contributed by atoms with Gasteiger partial charge in [-0.3, -0.25) is 4.79 Å². The van der Waals surface area contributed by atoms with Crippen LogP contribution in [0.4, 0.5) is 0 Å². The van der Waals surface area contributed by atoms with E-state index in [-0.39, 0.29) is 5.91 Å². The average Bonchev–Trinajstić information content (AvgIpc) is 2.34. The SMILES string of the molecule is O=C(Cc1ccc(Cl)cc1Cl)N1CCNCC1. The quantitative estimate of drug-likeness (QED) is 0.893. The Morgan fingerprint density at radius 2 is 2.00 bits per heavy atom.